The van der Waals surface area contributed by atoms with Crippen LogP contribution in [0.25, 0.3) is 0 Å². The smallest absolute Gasteiger partial charge is 0.124 e. The molecule has 5 heteroatoms. The molecule has 0 atom stereocenters. The van der Waals surface area contributed by atoms with E-state index in [1.165, 1.54) is 4.90 Å². The molecule has 0 bridgehead atoms. The van der Waals surface area contributed by atoms with Crippen molar-refractivity contribution < 1.29 is 0 Å². The lowest BCUT2D eigenvalue weighted by Gasteiger charge is -2.12. The summed E-state index contributed by atoms with van der Waals surface area (Å²) in [4.78, 5) is 10.5. The molecule has 0 aliphatic heterocycles. The van der Waals surface area contributed by atoms with Gasteiger partial charge < -0.3 is 10.3 Å². The Morgan fingerprint density at radius 1 is 1.08 bits per heavy atom. The summed E-state index contributed by atoms with van der Waals surface area (Å²) in [6.07, 6.45) is 1.82. The van der Waals surface area contributed by atoms with E-state index in [1.54, 1.807) is 11.8 Å². The Labute approximate surface area is 147 Å². The average Bonchev–Trinajstić information content (AvgIpc) is 2.94. The van der Waals surface area contributed by atoms with Crippen LogP contribution in [-0.2, 0) is 13.1 Å². The first-order chi connectivity index (χ1) is 11.7. The minimum Gasteiger partial charge on any atom is -0.324 e. The Bertz CT molecular complexity index is 782. The Morgan fingerprint density at radius 3 is 2.46 bits per heavy atom. The van der Waals surface area contributed by atoms with E-state index in [0.29, 0.717) is 19.0 Å². The Kier molecular flexibility index (Phi) is 5.33. The average molecular weight is 338 g/mol. The van der Waals surface area contributed by atoms with Gasteiger partial charge in [0.05, 0.1) is 24.5 Å². The second-order valence-electron chi connectivity index (χ2n) is 5.90. The van der Waals surface area contributed by atoms with Gasteiger partial charge in [-0.2, -0.15) is 0 Å². The number of hydrogen-bond acceptors (Lipinski definition) is 4. The fourth-order valence-corrected chi connectivity index (χ4v) is 3.74. The molecule has 0 spiro atoms. The molecule has 2 heterocycles. The fraction of sp³-hybridized carbons (Fsp3) is 0.263. The molecular formula is C19H22N4S. The molecule has 24 heavy (non-hydrogen) atoms. The van der Waals surface area contributed by atoms with Crippen LogP contribution >= 0.6 is 11.8 Å². The number of nitrogens with two attached hydrogens (primary N) is 1. The second-order valence-corrected chi connectivity index (χ2v) is 6.96. The second kappa shape index (κ2) is 7.64. The standard InChI is InChI=1S/C19H22N4S/c1-14(2)18-19(24-16-9-4-3-5-10-16)23(17(12-20)22-18)13-15-8-6-7-11-21-15/h3-11,14H,12-13,20H2,1-2H3. The van der Waals surface area contributed by atoms with Crippen LogP contribution in [0, 0.1) is 0 Å². The van der Waals surface area contributed by atoms with Gasteiger partial charge in [-0.3, -0.25) is 4.98 Å². The van der Waals surface area contributed by atoms with Crippen LogP contribution in [0.2, 0.25) is 0 Å². The number of aromatic nitrogens is 3. The van der Waals surface area contributed by atoms with Crippen molar-refractivity contribution in [3.8, 4) is 0 Å². The fourth-order valence-electron chi connectivity index (χ4n) is 2.56. The van der Waals surface area contributed by atoms with E-state index in [0.717, 1.165) is 22.2 Å². The van der Waals surface area contributed by atoms with E-state index in [9.17, 15) is 0 Å². The van der Waals surface area contributed by atoms with Crippen molar-refractivity contribution in [2.75, 3.05) is 0 Å². The first-order valence-electron chi connectivity index (χ1n) is 8.11. The summed E-state index contributed by atoms with van der Waals surface area (Å²) in [5.74, 6) is 1.24. The maximum Gasteiger partial charge on any atom is 0.124 e. The van der Waals surface area contributed by atoms with Gasteiger partial charge in [0, 0.05) is 11.1 Å². The molecule has 4 nitrogen and oxygen atoms in total. The van der Waals surface area contributed by atoms with Crippen LogP contribution in [0.5, 0.6) is 0 Å². The van der Waals surface area contributed by atoms with Crippen molar-refractivity contribution >= 4 is 11.8 Å². The van der Waals surface area contributed by atoms with E-state index >= 15 is 0 Å². The highest BCUT2D eigenvalue weighted by Crippen LogP contribution is 2.35. The van der Waals surface area contributed by atoms with Crippen LogP contribution in [0.3, 0.4) is 0 Å². The maximum absolute atomic E-state index is 5.97. The van der Waals surface area contributed by atoms with Gasteiger partial charge in [0.1, 0.15) is 10.9 Å². The minimum absolute atomic E-state index is 0.339. The van der Waals surface area contributed by atoms with Crippen LogP contribution in [0.1, 0.15) is 37.0 Å². The molecule has 1 aromatic carbocycles. The molecule has 0 aliphatic rings. The number of benzene rings is 1. The molecule has 0 radical (unpaired) electrons. The summed E-state index contributed by atoms with van der Waals surface area (Å²) in [5.41, 5.74) is 8.07. The van der Waals surface area contributed by atoms with E-state index in [2.05, 4.69) is 47.7 Å². The van der Waals surface area contributed by atoms with Crippen LogP contribution in [-0.4, -0.2) is 14.5 Å². The van der Waals surface area contributed by atoms with Crippen molar-refractivity contribution in [1.29, 1.82) is 0 Å². The molecular weight excluding hydrogens is 316 g/mol. The summed E-state index contributed by atoms with van der Waals surface area (Å²) in [7, 11) is 0. The van der Waals surface area contributed by atoms with Gasteiger partial charge in [0.2, 0.25) is 0 Å². The van der Waals surface area contributed by atoms with Gasteiger partial charge in [0.15, 0.2) is 0 Å². The number of imidazole rings is 1. The van der Waals surface area contributed by atoms with Crippen molar-refractivity contribution in [3.63, 3.8) is 0 Å². The van der Waals surface area contributed by atoms with Crippen LogP contribution < -0.4 is 5.73 Å². The zero-order chi connectivity index (χ0) is 16.9. The number of hydrogen-bond donors (Lipinski definition) is 1. The van der Waals surface area contributed by atoms with E-state index < -0.39 is 0 Å². The molecule has 3 rings (SSSR count). The van der Waals surface area contributed by atoms with E-state index in [1.807, 2.05) is 30.5 Å². The molecule has 0 amide bonds. The molecule has 0 fully saturated rings. The Balaban J connectivity index is 2.04. The summed E-state index contributed by atoms with van der Waals surface area (Å²) in [6.45, 7) is 5.44. The highest BCUT2D eigenvalue weighted by Gasteiger charge is 2.20. The first-order valence-corrected chi connectivity index (χ1v) is 8.93. The lowest BCUT2D eigenvalue weighted by atomic mass is 10.1. The lowest BCUT2D eigenvalue weighted by molar-refractivity contribution is 0.657. The predicted molar refractivity (Wildman–Crippen MR) is 98.1 cm³/mol. The SMILES string of the molecule is CC(C)c1nc(CN)n(Cc2ccccn2)c1Sc1ccccc1. The largest absolute Gasteiger partial charge is 0.324 e. The molecule has 2 aromatic heterocycles. The molecule has 3 aromatic rings. The highest BCUT2D eigenvalue weighted by molar-refractivity contribution is 7.99. The van der Waals surface area contributed by atoms with Gasteiger partial charge in [-0.15, -0.1) is 0 Å². The van der Waals surface area contributed by atoms with E-state index in [4.69, 9.17) is 10.7 Å². The normalized spacial score (nSPS) is 11.2. The topological polar surface area (TPSA) is 56.7 Å². The predicted octanol–water partition coefficient (Wildman–Crippen LogP) is 4.06. The number of rotatable bonds is 6. The zero-order valence-electron chi connectivity index (χ0n) is 14.0. The van der Waals surface area contributed by atoms with Gasteiger partial charge in [-0.1, -0.05) is 49.9 Å². The first kappa shape index (κ1) is 16.7. The molecule has 0 saturated carbocycles. The minimum atomic E-state index is 0.339. The number of nitrogens with zero attached hydrogens (tertiary/aromatic N) is 3. The highest BCUT2D eigenvalue weighted by atomic mass is 32.2. The van der Waals surface area contributed by atoms with Crippen molar-refractivity contribution in [1.82, 2.24) is 14.5 Å². The lowest BCUT2D eigenvalue weighted by Crippen LogP contribution is -2.11. The van der Waals surface area contributed by atoms with Crippen LogP contribution in [0.15, 0.2) is 64.6 Å². The molecule has 2 N–H and O–H groups in total. The quantitative estimate of drug-likeness (QED) is 0.736. The van der Waals surface area contributed by atoms with Crippen molar-refractivity contribution in [3.05, 3.63) is 71.9 Å². The maximum atomic E-state index is 5.97. The molecule has 0 saturated heterocycles. The molecule has 0 aliphatic carbocycles. The third kappa shape index (κ3) is 3.68. The third-order valence-corrected chi connectivity index (χ3v) is 4.89. The number of pyridine rings is 1. The van der Waals surface area contributed by atoms with E-state index in [-0.39, 0.29) is 0 Å². The van der Waals surface area contributed by atoms with Gasteiger partial charge in [-0.05, 0) is 30.2 Å². The summed E-state index contributed by atoms with van der Waals surface area (Å²) >= 11 is 1.74. The monoisotopic (exact) mass is 338 g/mol. The Morgan fingerprint density at radius 2 is 1.83 bits per heavy atom. The van der Waals surface area contributed by atoms with Gasteiger partial charge in [0.25, 0.3) is 0 Å². The third-order valence-electron chi connectivity index (χ3n) is 3.76. The van der Waals surface area contributed by atoms with Gasteiger partial charge >= 0.3 is 0 Å². The van der Waals surface area contributed by atoms with Crippen molar-refractivity contribution in [2.45, 2.75) is 42.8 Å². The van der Waals surface area contributed by atoms with Crippen molar-refractivity contribution in [2.24, 2.45) is 5.73 Å². The molecule has 0 unspecified atom stereocenters. The molecule has 124 valence electrons. The zero-order valence-corrected chi connectivity index (χ0v) is 14.8. The van der Waals surface area contributed by atoms with Crippen LogP contribution in [0.4, 0.5) is 0 Å². The summed E-state index contributed by atoms with van der Waals surface area (Å²) in [6, 6.07) is 16.4. The summed E-state index contributed by atoms with van der Waals surface area (Å²) in [5, 5.41) is 1.15. The summed E-state index contributed by atoms with van der Waals surface area (Å²) < 4.78 is 2.20. The Hall–Kier alpha value is -2.11. The van der Waals surface area contributed by atoms with Gasteiger partial charge in [-0.25, -0.2) is 4.98 Å².